The summed E-state index contributed by atoms with van der Waals surface area (Å²) in [5, 5.41) is 4.39. The zero-order chi connectivity index (χ0) is 23.2. The molecule has 1 unspecified atom stereocenters. The average Bonchev–Trinajstić information content (AvgIpc) is 3.27. The second kappa shape index (κ2) is 10.9. The minimum Gasteiger partial charge on any atom is -0.361 e. The molecule has 1 aromatic heterocycles. The molecule has 1 aliphatic rings. The van der Waals surface area contributed by atoms with Crippen molar-refractivity contribution in [2.24, 2.45) is 0 Å². The lowest BCUT2D eigenvalue weighted by Crippen LogP contribution is -2.41. The number of nitrogens with zero attached hydrogens (tertiary/aromatic N) is 2. The van der Waals surface area contributed by atoms with Gasteiger partial charge in [0.1, 0.15) is 0 Å². The first-order valence-corrected chi connectivity index (χ1v) is 12.6. The number of carbonyl (C=O) groups excluding carboxylic acids is 1. The third-order valence-corrected chi connectivity index (χ3v) is 7.11. The maximum atomic E-state index is 13.3. The molecule has 0 radical (unpaired) electrons. The Bertz CT molecular complexity index is 1040. The highest BCUT2D eigenvalue weighted by molar-refractivity contribution is 6.03. The standard InChI is InChI=1S/C28H38N4O/c1-4-6-16-31-17-14-22(15-18-31)26-20-29-27-13-12-23(19-25(26)27)30-28(33)32(21(3)5-2)24-10-8-7-9-11-24/h7-13,19-22,29H,4-6,14-18H2,1-3H3,(H,30,33). The van der Waals surface area contributed by atoms with Crippen molar-refractivity contribution < 1.29 is 4.79 Å². The number of piperidine rings is 1. The van der Waals surface area contributed by atoms with Crippen LogP contribution in [0.2, 0.25) is 0 Å². The summed E-state index contributed by atoms with van der Waals surface area (Å²) < 4.78 is 0. The van der Waals surface area contributed by atoms with Crippen molar-refractivity contribution in [2.45, 2.75) is 64.8 Å². The number of hydrogen-bond acceptors (Lipinski definition) is 2. The monoisotopic (exact) mass is 446 g/mol. The fourth-order valence-corrected chi connectivity index (χ4v) is 4.93. The van der Waals surface area contributed by atoms with Gasteiger partial charge in [0.05, 0.1) is 0 Å². The van der Waals surface area contributed by atoms with Crippen molar-refractivity contribution in [2.75, 3.05) is 29.9 Å². The van der Waals surface area contributed by atoms with Crippen LogP contribution < -0.4 is 10.2 Å². The number of anilines is 2. The summed E-state index contributed by atoms with van der Waals surface area (Å²) in [6.45, 7) is 10.0. The second-order valence-corrected chi connectivity index (χ2v) is 9.37. The number of H-pyrrole nitrogens is 1. The van der Waals surface area contributed by atoms with Crippen LogP contribution in [0, 0.1) is 0 Å². The fourth-order valence-electron chi connectivity index (χ4n) is 4.93. The summed E-state index contributed by atoms with van der Waals surface area (Å²) in [6, 6.07) is 16.2. The summed E-state index contributed by atoms with van der Waals surface area (Å²) >= 11 is 0. The first kappa shape index (κ1) is 23.4. The van der Waals surface area contributed by atoms with Gasteiger partial charge in [-0.1, -0.05) is 38.5 Å². The Labute approximate surface area is 198 Å². The highest BCUT2D eigenvalue weighted by atomic mass is 16.2. The zero-order valence-electron chi connectivity index (χ0n) is 20.3. The van der Waals surface area contributed by atoms with Crippen LogP contribution in [-0.2, 0) is 0 Å². The van der Waals surface area contributed by atoms with Crippen LogP contribution in [0.1, 0.15) is 64.4 Å². The molecule has 1 fully saturated rings. The molecule has 5 heteroatoms. The van der Waals surface area contributed by atoms with E-state index < -0.39 is 0 Å². The van der Waals surface area contributed by atoms with Gasteiger partial charge in [0.2, 0.25) is 0 Å². The van der Waals surface area contributed by atoms with Gasteiger partial charge in [-0.25, -0.2) is 4.79 Å². The maximum Gasteiger partial charge on any atom is 0.326 e. The average molecular weight is 447 g/mol. The van der Waals surface area contributed by atoms with Crippen LogP contribution in [0.4, 0.5) is 16.2 Å². The quantitative estimate of drug-likeness (QED) is 0.392. The largest absolute Gasteiger partial charge is 0.361 e. The van der Waals surface area contributed by atoms with E-state index in [-0.39, 0.29) is 12.1 Å². The molecule has 0 spiro atoms. The number of hydrogen-bond donors (Lipinski definition) is 2. The normalized spacial score (nSPS) is 16.1. The molecular formula is C28H38N4O. The van der Waals surface area contributed by atoms with Crippen molar-refractivity contribution >= 4 is 28.3 Å². The van der Waals surface area contributed by atoms with E-state index in [0.717, 1.165) is 23.3 Å². The van der Waals surface area contributed by atoms with Crippen molar-refractivity contribution in [3.05, 3.63) is 60.3 Å². The van der Waals surface area contributed by atoms with Crippen molar-refractivity contribution in [1.82, 2.24) is 9.88 Å². The van der Waals surface area contributed by atoms with Gasteiger partial charge in [-0.15, -0.1) is 0 Å². The molecule has 2 amide bonds. The van der Waals surface area contributed by atoms with Crippen LogP contribution in [0.5, 0.6) is 0 Å². The van der Waals surface area contributed by atoms with Gasteiger partial charge in [0.15, 0.2) is 0 Å². The number of nitrogens with one attached hydrogen (secondary N) is 2. The van der Waals surface area contributed by atoms with Crippen molar-refractivity contribution in [1.29, 1.82) is 0 Å². The number of benzene rings is 2. The number of amides is 2. The topological polar surface area (TPSA) is 51.4 Å². The van der Waals surface area contributed by atoms with Crippen molar-refractivity contribution in [3.63, 3.8) is 0 Å². The predicted octanol–water partition coefficient (Wildman–Crippen LogP) is 6.98. The van der Waals surface area contributed by atoms with E-state index in [0.29, 0.717) is 5.92 Å². The Kier molecular flexibility index (Phi) is 7.71. The number of para-hydroxylation sites is 1. The van der Waals surface area contributed by atoms with Crippen LogP contribution >= 0.6 is 0 Å². The van der Waals surface area contributed by atoms with Crippen molar-refractivity contribution in [3.8, 4) is 0 Å². The molecule has 0 saturated carbocycles. The molecule has 3 aromatic rings. The van der Waals surface area contributed by atoms with E-state index in [1.165, 1.54) is 56.3 Å². The third-order valence-electron chi connectivity index (χ3n) is 7.11. The summed E-state index contributed by atoms with van der Waals surface area (Å²) in [7, 11) is 0. The molecule has 1 aliphatic heterocycles. The molecule has 1 saturated heterocycles. The minimum atomic E-state index is -0.0868. The number of likely N-dealkylation sites (tertiary alicyclic amines) is 1. The highest BCUT2D eigenvalue weighted by Gasteiger charge is 2.24. The Hall–Kier alpha value is -2.79. The molecule has 176 valence electrons. The fraction of sp³-hybridized carbons (Fsp3) is 0.464. The van der Waals surface area contributed by atoms with Gasteiger partial charge in [-0.05, 0) is 94.1 Å². The smallest absolute Gasteiger partial charge is 0.326 e. The zero-order valence-corrected chi connectivity index (χ0v) is 20.3. The first-order valence-electron chi connectivity index (χ1n) is 12.6. The van der Waals surface area contributed by atoms with E-state index in [4.69, 9.17) is 0 Å². The number of aromatic amines is 1. The molecule has 0 aliphatic carbocycles. The molecular weight excluding hydrogens is 408 g/mol. The molecule has 2 aromatic carbocycles. The molecule has 2 N–H and O–H groups in total. The van der Waals surface area contributed by atoms with Gasteiger partial charge in [0.25, 0.3) is 0 Å². The van der Waals surface area contributed by atoms with Gasteiger partial charge in [-0.2, -0.15) is 0 Å². The first-order chi connectivity index (χ1) is 16.1. The lowest BCUT2D eigenvalue weighted by molar-refractivity contribution is 0.210. The summed E-state index contributed by atoms with van der Waals surface area (Å²) in [5.74, 6) is 0.573. The second-order valence-electron chi connectivity index (χ2n) is 9.37. The predicted molar refractivity (Wildman–Crippen MR) is 139 cm³/mol. The Balaban J connectivity index is 1.50. The van der Waals surface area contributed by atoms with E-state index >= 15 is 0 Å². The van der Waals surface area contributed by atoms with Crippen LogP contribution in [0.25, 0.3) is 10.9 Å². The highest BCUT2D eigenvalue weighted by Crippen LogP contribution is 2.34. The third kappa shape index (κ3) is 5.41. The summed E-state index contributed by atoms with van der Waals surface area (Å²) in [4.78, 5) is 21.2. The molecule has 4 rings (SSSR count). The Morgan fingerprint density at radius 2 is 1.91 bits per heavy atom. The van der Waals surface area contributed by atoms with Crippen LogP contribution in [0.3, 0.4) is 0 Å². The molecule has 0 bridgehead atoms. The van der Waals surface area contributed by atoms with Gasteiger partial charge < -0.3 is 15.2 Å². The lowest BCUT2D eigenvalue weighted by atomic mass is 9.89. The lowest BCUT2D eigenvalue weighted by Gasteiger charge is -2.32. The Morgan fingerprint density at radius 3 is 2.61 bits per heavy atom. The number of aromatic nitrogens is 1. The van der Waals surface area contributed by atoms with Gasteiger partial charge >= 0.3 is 6.03 Å². The summed E-state index contributed by atoms with van der Waals surface area (Å²) in [6.07, 6.45) is 8.01. The van der Waals surface area contributed by atoms with Crippen LogP contribution in [-0.4, -0.2) is 41.6 Å². The molecule has 1 atom stereocenters. The number of rotatable bonds is 8. The van der Waals surface area contributed by atoms with E-state index in [2.05, 4.69) is 54.3 Å². The number of carbonyl (C=O) groups is 1. The van der Waals surface area contributed by atoms with Crippen LogP contribution in [0.15, 0.2) is 54.7 Å². The van der Waals surface area contributed by atoms with E-state index in [1.807, 2.05) is 41.3 Å². The molecule has 2 heterocycles. The van der Waals surface area contributed by atoms with Gasteiger partial charge in [-0.3, -0.25) is 4.90 Å². The minimum absolute atomic E-state index is 0.0868. The molecule has 5 nitrogen and oxygen atoms in total. The summed E-state index contributed by atoms with van der Waals surface area (Å²) in [5.41, 5.74) is 4.29. The SMILES string of the molecule is CCCCN1CCC(c2c[nH]c3ccc(NC(=O)N(c4ccccc4)C(C)CC)cc23)CC1. The van der Waals surface area contributed by atoms with E-state index in [1.54, 1.807) is 0 Å². The number of fused-ring (bicyclic) bond motifs is 1. The van der Waals surface area contributed by atoms with E-state index in [9.17, 15) is 4.79 Å². The number of unbranched alkanes of at least 4 members (excludes halogenated alkanes) is 1. The number of urea groups is 1. The van der Waals surface area contributed by atoms with Gasteiger partial charge in [0, 0.05) is 34.5 Å². The Morgan fingerprint density at radius 1 is 1.15 bits per heavy atom. The molecule has 33 heavy (non-hydrogen) atoms. The maximum absolute atomic E-state index is 13.3.